The molecule has 0 aliphatic rings. The lowest BCUT2D eigenvalue weighted by Gasteiger charge is -2.25. The molecule has 2 nitrogen and oxygen atoms in total. The number of pyridine rings is 1. The Labute approximate surface area is 96.7 Å². The molecule has 84 valence electrons. The van der Waals surface area contributed by atoms with Crippen molar-refractivity contribution in [3.05, 3.63) is 36.4 Å². The zero-order valence-corrected chi connectivity index (χ0v) is 10.1. The van der Waals surface area contributed by atoms with Gasteiger partial charge in [-0.05, 0) is 38.5 Å². The summed E-state index contributed by atoms with van der Waals surface area (Å²) >= 11 is 0. The van der Waals surface area contributed by atoms with Crippen LogP contribution >= 0.6 is 0 Å². The van der Waals surface area contributed by atoms with Gasteiger partial charge in [-0.3, -0.25) is 0 Å². The standard InChI is InChI=1S/C14H18N2/c1-4-14(2,3)16-13-10-9-11-7-5-6-8-12(11)15-13/h5-10H,4H2,1-3H3,(H,15,16). The van der Waals surface area contributed by atoms with Crippen molar-refractivity contribution in [2.24, 2.45) is 0 Å². The minimum atomic E-state index is 0.0927. The number of rotatable bonds is 3. The molecule has 2 rings (SSSR count). The average Bonchev–Trinajstić information content (AvgIpc) is 2.28. The van der Waals surface area contributed by atoms with Gasteiger partial charge in [0, 0.05) is 10.9 Å². The maximum atomic E-state index is 4.60. The van der Waals surface area contributed by atoms with Gasteiger partial charge in [-0.25, -0.2) is 4.98 Å². The quantitative estimate of drug-likeness (QED) is 0.839. The number of nitrogens with one attached hydrogen (secondary N) is 1. The van der Waals surface area contributed by atoms with Crippen molar-refractivity contribution in [1.82, 2.24) is 4.98 Å². The van der Waals surface area contributed by atoms with Gasteiger partial charge in [-0.2, -0.15) is 0 Å². The van der Waals surface area contributed by atoms with E-state index in [0.29, 0.717) is 0 Å². The maximum absolute atomic E-state index is 4.60. The highest BCUT2D eigenvalue weighted by atomic mass is 15.0. The van der Waals surface area contributed by atoms with E-state index in [4.69, 9.17) is 0 Å². The second kappa shape index (κ2) is 4.12. The van der Waals surface area contributed by atoms with E-state index in [2.05, 4.69) is 43.2 Å². The van der Waals surface area contributed by atoms with Crippen molar-refractivity contribution < 1.29 is 0 Å². The summed E-state index contributed by atoms with van der Waals surface area (Å²) in [4.78, 5) is 4.60. The molecule has 1 aromatic carbocycles. The van der Waals surface area contributed by atoms with Crippen LogP contribution in [0, 0.1) is 0 Å². The largest absolute Gasteiger partial charge is 0.365 e. The van der Waals surface area contributed by atoms with Gasteiger partial charge in [-0.1, -0.05) is 25.1 Å². The second-order valence-corrected chi connectivity index (χ2v) is 4.75. The highest BCUT2D eigenvalue weighted by Crippen LogP contribution is 2.19. The first-order valence-corrected chi connectivity index (χ1v) is 5.75. The second-order valence-electron chi connectivity index (χ2n) is 4.75. The molecule has 0 spiro atoms. The fourth-order valence-corrected chi connectivity index (χ4v) is 1.57. The van der Waals surface area contributed by atoms with Crippen LogP contribution in [0.15, 0.2) is 36.4 Å². The van der Waals surface area contributed by atoms with E-state index in [0.717, 1.165) is 17.8 Å². The van der Waals surface area contributed by atoms with Crippen molar-refractivity contribution in [3.63, 3.8) is 0 Å². The number of fused-ring (bicyclic) bond motifs is 1. The first-order valence-electron chi connectivity index (χ1n) is 5.75. The molecule has 2 aromatic rings. The van der Waals surface area contributed by atoms with Crippen molar-refractivity contribution in [3.8, 4) is 0 Å². The van der Waals surface area contributed by atoms with Gasteiger partial charge >= 0.3 is 0 Å². The zero-order chi connectivity index (χ0) is 11.6. The van der Waals surface area contributed by atoms with Crippen LogP contribution in [0.2, 0.25) is 0 Å². The zero-order valence-electron chi connectivity index (χ0n) is 10.1. The van der Waals surface area contributed by atoms with E-state index < -0.39 is 0 Å². The first-order chi connectivity index (χ1) is 7.61. The fourth-order valence-electron chi connectivity index (χ4n) is 1.57. The molecule has 1 heterocycles. The molecule has 0 bridgehead atoms. The van der Waals surface area contributed by atoms with Crippen LogP contribution in [0.5, 0.6) is 0 Å². The topological polar surface area (TPSA) is 24.9 Å². The van der Waals surface area contributed by atoms with Crippen molar-refractivity contribution in [2.75, 3.05) is 5.32 Å². The summed E-state index contributed by atoms with van der Waals surface area (Å²) < 4.78 is 0. The van der Waals surface area contributed by atoms with Crippen molar-refractivity contribution >= 4 is 16.7 Å². The maximum Gasteiger partial charge on any atom is 0.127 e. The molecule has 0 saturated carbocycles. The van der Waals surface area contributed by atoms with Gasteiger partial charge in [0.1, 0.15) is 5.82 Å². The van der Waals surface area contributed by atoms with Gasteiger partial charge in [-0.15, -0.1) is 0 Å². The van der Waals surface area contributed by atoms with E-state index in [1.54, 1.807) is 0 Å². The van der Waals surface area contributed by atoms with Crippen LogP contribution in [-0.2, 0) is 0 Å². The lowest BCUT2D eigenvalue weighted by molar-refractivity contribution is 0.545. The Bertz CT molecular complexity index is 489. The lowest BCUT2D eigenvalue weighted by Crippen LogP contribution is -2.30. The van der Waals surface area contributed by atoms with E-state index in [-0.39, 0.29) is 5.54 Å². The highest BCUT2D eigenvalue weighted by molar-refractivity contribution is 5.80. The van der Waals surface area contributed by atoms with Crippen LogP contribution in [0.1, 0.15) is 27.2 Å². The molecule has 0 fully saturated rings. The normalized spacial score (nSPS) is 11.7. The predicted molar refractivity (Wildman–Crippen MR) is 69.7 cm³/mol. The van der Waals surface area contributed by atoms with E-state index in [1.165, 1.54) is 5.39 Å². The summed E-state index contributed by atoms with van der Waals surface area (Å²) in [6.07, 6.45) is 1.07. The number of hydrogen-bond donors (Lipinski definition) is 1. The Kier molecular flexibility index (Phi) is 2.82. The van der Waals surface area contributed by atoms with Crippen molar-refractivity contribution in [1.29, 1.82) is 0 Å². The number of benzene rings is 1. The minimum Gasteiger partial charge on any atom is -0.365 e. The third kappa shape index (κ3) is 2.32. The number of para-hydroxylation sites is 1. The van der Waals surface area contributed by atoms with Crippen LogP contribution in [0.25, 0.3) is 10.9 Å². The SMILES string of the molecule is CCC(C)(C)Nc1ccc2ccccc2n1. The van der Waals surface area contributed by atoms with Gasteiger partial charge in [0.2, 0.25) is 0 Å². The van der Waals surface area contributed by atoms with E-state index in [9.17, 15) is 0 Å². The van der Waals surface area contributed by atoms with Crippen LogP contribution < -0.4 is 5.32 Å². The molecule has 16 heavy (non-hydrogen) atoms. The first kappa shape index (κ1) is 10.9. The summed E-state index contributed by atoms with van der Waals surface area (Å²) in [5.74, 6) is 0.950. The Morgan fingerprint density at radius 2 is 1.88 bits per heavy atom. The molecule has 0 saturated heterocycles. The molecule has 0 radical (unpaired) electrons. The van der Waals surface area contributed by atoms with Gasteiger partial charge in [0.15, 0.2) is 0 Å². The molecule has 0 atom stereocenters. The molecule has 0 unspecified atom stereocenters. The number of nitrogens with zero attached hydrogens (tertiary/aromatic N) is 1. The van der Waals surface area contributed by atoms with Gasteiger partial charge < -0.3 is 5.32 Å². The third-order valence-electron chi connectivity index (χ3n) is 2.95. The predicted octanol–water partition coefficient (Wildman–Crippen LogP) is 3.84. The highest BCUT2D eigenvalue weighted by Gasteiger charge is 2.14. The summed E-state index contributed by atoms with van der Waals surface area (Å²) in [5, 5.41) is 4.63. The van der Waals surface area contributed by atoms with Crippen LogP contribution in [0.3, 0.4) is 0 Å². The van der Waals surface area contributed by atoms with E-state index >= 15 is 0 Å². The summed E-state index contributed by atoms with van der Waals surface area (Å²) in [6, 6.07) is 12.3. The summed E-state index contributed by atoms with van der Waals surface area (Å²) in [7, 11) is 0. The number of aromatic nitrogens is 1. The molecule has 0 amide bonds. The third-order valence-corrected chi connectivity index (χ3v) is 2.95. The number of hydrogen-bond acceptors (Lipinski definition) is 2. The Hall–Kier alpha value is -1.57. The molecular weight excluding hydrogens is 196 g/mol. The van der Waals surface area contributed by atoms with E-state index in [1.807, 2.05) is 24.3 Å². The Morgan fingerprint density at radius 1 is 1.12 bits per heavy atom. The smallest absolute Gasteiger partial charge is 0.127 e. The average molecular weight is 214 g/mol. The minimum absolute atomic E-state index is 0.0927. The monoisotopic (exact) mass is 214 g/mol. The van der Waals surface area contributed by atoms with Crippen LogP contribution in [-0.4, -0.2) is 10.5 Å². The van der Waals surface area contributed by atoms with Crippen molar-refractivity contribution in [2.45, 2.75) is 32.7 Å². The molecule has 1 N–H and O–H groups in total. The molecule has 0 aliphatic carbocycles. The fraction of sp³-hybridized carbons (Fsp3) is 0.357. The van der Waals surface area contributed by atoms with Gasteiger partial charge in [0.05, 0.1) is 5.52 Å². The molecule has 1 aromatic heterocycles. The summed E-state index contributed by atoms with van der Waals surface area (Å²) in [6.45, 7) is 6.54. The number of anilines is 1. The van der Waals surface area contributed by atoms with Crippen LogP contribution in [0.4, 0.5) is 5.82 Å². The Balaban J connectivity index is 2.33. The summed E-state index contributed by atoms with van der Waals surface area (Å²) in [5.41, 5.74) is 1.13. The molecular formula is C14H18N2. The lowest BCUT2D eigenvalue weighted by atomic mass is 10.0. The van der Waals surface area contributed by atoms with Gasteiger partial charge in [0.25, 0.3) is 0 Å². The Morgan fingerprint density at radius 3 is 2.62 bits per heavy atom. The molecule has 0 aliphatic heterocycles. The molecule has 2 heteroatoms.